The van der Waals surface area contributed by atoms with Crippen molar-refractivity contribution in [3.63, 3.8) is 0 Å². The van der Waals surface area contributed by atoms with Gasteiger partial charge in [-0.25, -0.2) is 4.98 Å². The third kappa shape index (κ3) is 1.87. The van der Waals surface area contributed by atoms with Gasteiger partial charge < -0.3 is 5.73 Å². The van der Waals surface area contributed by atoms with Crippen LogP contribution < -0.4 is 5.73 Å². The number of nitrogen functional groups attached to an aromatic ring is 1. The molecule has 2 N–H and O–H groups in total. The maximum atomic E-state index is 6.23. The maximum Gasteiger partial charge on any atom is 0.139 e. The standard InChI is InChI=1S/C16H17N3/c1-10-4-7-14-18-15(16(17)19(14)9-10)13-6-5-11(2)12(3)8-13/h4-9H,17H2,1-3H3. The van der Waals surface area contributed by atoms with Gasteiger partial charge in [0.1, 0.15) is 17.2 Å². The predicted molar refractivity (Wildman–Crippen MR) is 79.3 cm³/mol. The van der Waals surface area contributed by atoms with Crippen molar-refractivity contribution < 1.29 is 0 Å². The lowest BCUT2D eigenvalue weighted by Crippen LogP contribution is -1.95. The zero-order valence-electron chi connectivity index (χ0n) is 11.4. The number of rotatable bonds is 1. The number of aryl methyl sites for hydroxylation is 3. The van der Waals surface area contributed by atoms with Crippen molar-refractivity contribution in [3.05, 3.63) is 53.2 Å². The number of benzene rings is 1. The summed E-state index contributed by atoms with van der Waals surface area (Å²) in [5, 5.41) is 0. The zero-order valence-corrected chi connectivity index (χ0v) is 11.4. The lowest BCUT2D eigenvalue weighted by atomic mass is 10.0. The van der Waals surface area contributed by atoms with Crippen molar-refractivity contribution in [1.29, 1.82) is 0 Å². The van der Waals surface area contributed by atoms with Crippen LogP contribution in [0.4, 0.5) is 5.82 Å². The summed E-state index contributed by atoms with van der Waals surface area (Å²) < 4.78 is 1.94. The van der Waals surface area contributed by atoms with E-state index in [1.165, 1.54) is 16.7 Å². The van der Waals surface area contributed by atoms with E-state index < -0.39 is 0 Å². The Hall–Kier alpha value is -2.29. The summed E-state index contributed by atoms with van der Waals surface area (Å²) in [6.07, 6.45) is 2.02. The topological polar surface area (TPSA) is 43.3 Å². The number of anilines is 1. The van der Waals surface area contributed by atoms with Crippen molar-refractivity contribution in [2.75, 3.05) is 5.73 Å². The van der Waals surface area contributed by atoms with E-state index in [9.17, 15) is 0 Å². The minimum absolute atomic E-state index is 0.696. The first-order chi connectivity index (χ1) is 9.06. The quantitative estimate of drug-likeness (QED) is 0.719. The highest BCUT2D eigenvalue weighted by Gasteiger charge is 2.11. The van der Waals surface area contributed by atoms with Gasteiger partial charge >= 0.3 is 0 Å². The van der Waals surface area contributed by atoms with E-state index in [-0.39, 0.29) is 0 Å². The minimum Gasteiger partial charge on any atom is -0.383 e. The lowest BCUT2D eigenvalue weighted by Gasteiger charge is -2.04. The average Bonchev–Trinajstić information content (AvgIpc) is 2.70. The molecule has 1 aromatic carbocycles. The summed E-state index contributed by atoms with van der Waals surface area (Å²) in [7, 11) is 0. The van der Waals surface area contributed by atoms with E-state index in [1.54, 1.807) is 0 Å². The van der Waals surface area contributed by atoms with Crippen molar-refractivity contribution in [1.82, 2.24) is 9.38 Å². The number of nitrogens with zero attached hydrogens (tertiary/aromatic N) is 2. The van der Waals surface area contributed by atoms with Gasteiger partial charge in [0.05, 0.1) is 0 Å². The summed E-state index contributed by atoms with van der Waals surface area (Å²) >= 11 is 0. The van der Waals surface area contributed by atoms with Crippen molar-refractivity contribution >= 4 is 11.5 Å². The fourth-order valence-corrected chi connectivity index (χ4v) is 2.27. The van der Waals surface area contributed by atoms with Gasteiger partial charge in [0.15, 0.2) is 0 Å². The maximum absolute atomic E-state index is 6.23. The van der Waals surface area contributed by atoms with Crippen LogP contribution in [0.3, 0.4) is 0 Å². The monoisotopic (exact) mass is 251 g/mol. The molecule has 3 rings (SSSR count). The summed E-state index contributed by atoms with van der Waals surface area (Å²) in [4.78, 5) is 4.63. The highest BCUT2D eigenvalue weighted by molar-refractivity contribution is 5.75. The molecular weight excluding hydrogens is 234 g/mol. The van der Waals surface area contributed by atoms with Gasteiger partial charge in [0, 0.05) is 11.8 Å². The van der Waals surface area contributed by atoms with Gasteiger partial charge in [-0.3, -0.25) is 4.40 Å². The Balaban J connectivity index is 2.24. The second-order valence-corrected chi connectivity index (χ2v) is 5.08. The van der Waals surface area contributed by atoms with Crippen LogP contribution in [-0.2, 0) is 0 Å². The van der Waals surface area contributed by atoms with E-state index in [0.29, 0.717) is 5.82 Å². The van der Waals surface area contributed by atoms with Crippen LogP contribution in [0.15, 0.2) is 36.5 Å². The molecule has 2 heterocycles. The Morgan fingerprint density at radius 2 is 1.79 bits per heavy atom. The molecule has 0 bridgehead atoms. The molecule has 0 fully saturated rings. The number of hydrogen-bond donors (Lipinski definition) is 1. The Kier molecular flexibility index (Phi) is 2.56. The molecule has 0 saturated heterocycles. The molecule has 0 saturated carbocycles. The van der Waals surface area contributed by atoms with E-state index in [1.807, 2.05) is 22.7 Å². The van der Waals surface area contributed by atoms with Gasteiger partial charge in [-0.2, -0.15) is 0 Å². The van der Waals surface area contributed by atoms with Gasteiger partial charge in [0.25, 0.3) is 0 Å². The smallest absolute Gasteiger partial charge is 0.139 e. The molecule has 0 unspecified atom stereocenters. The molecule has 0 atom stereocenters. The van der Waals surface area contributed by atoms with E-state index in [2.05, 4.69) is 44.0 Å². The fourth-order valence-electron chi connectivity index (χ4n) is 2.27. The minimum atomic E-state index is 0.696. The summed E-state index contributed by atoms with van der Waals surface area (Å²) in [5.41, 5.74) is 12.7. The number of nitrogens with two attached hydrogens (primary N) is 1. The Morgan fingerprint density at radius 3 is 2.53 bits per heavy atom. The molecular formula is C16H17N3. The third-order valence-electron chi connectivity index (χ3n) is 3.58. The third-order valence-corrected chi connectivity index (χ3v) is 3.58. The molecule has 3 nitrogen and oxygen atoms in total. The predicted octanol–water partition coefficient (Wildman–Crippen LogP) is 3.51. The highest BCUT2D eigenvalue weighted by atomic mass is 15.1. The molecule has 0 aliphatic rings. The molecule has 96 valence electrons. The van der Waals surface area contributed by atoms with Gasteiger partial charge in [0.2, 0.25) is 0 Å². The molecule has 0 aliphatic heterocycles. The first kappa shape index (κ1) is 11.8. The van der Waals surface area contributed by atoms with Crippen LogP contribution in [0, 0.1) is 20.8 Å². The Morgan fingerprint density at radius 1 is 1.00 bits per heavy atom. The van der Waals surface area contributed by atoms with Crippen LogP contribution in [0.1, 0.15) is 16.7 Å². The average molecular weight is 251 g/mol. The second kappa shape index (κ2) is 4.12. The number of pyridine rings is 1. The number of imidazole rings is 1. The van der Waals surface area contributed by atoms with Crippen LogP contribution in [0.2, 0.25) is 0 Å². The SMILES string of the molecule is Cc1ccc2nc(-c3ccc(C)c(C)c3)c(N)n2c1. The summed E-state index contributed by atoms with van der Waals surface area (Å²) in [5.74, 6) is 0.696. The molecule has 0 spiro atoms. The number of fused-ring (bicyclic) bond motifs is 1. The lowest BCUT2D eigenvalue weighted by molar-refractivity contribution is 1.16. The molecule has 0 amide bonds. The van der Waals surface area contributed by atoms with Gasteiger partial charge in [-0.1, -0.05) is 18.2 Å². The van der Waals surface area contributed by atoms with E-state index >= 15 is 0 Å². The molecule has 3 aromatic rings. The first-order valence-electron chi connectivity index (χ1n) is 6.38. The van der Waals surface area contributed by atoms with E-state index in [4.69, 9.17) is 5.73 Å². The van der Waals surface area contributed by atoms with Gasteiger partial charge in [-0.15, -0.1) is 0 Å². The Bertz CT molecular complexity index is 769. The van der Waals surface area contributed by atoms with Crippen LogP contribution in [-0.4, -0.2) is 9.38 Å². The normalized spacial score (nSPS) is 11.1. The molecule has 0 aliphatic carbocycles. The largest absolute Gasteiger partial charge is 0.383 e. The van der Waals surface area contributed by atoms with Crippen LogP contribution in [0.25, 0.3) is 16.9 Å². The Labute approximate surface area is 112 Å². The molecule has 2 aromatic heterocycles. The van der Waals surface area contributed by atoms with Crippen LogP contribution in [0.5, 0.6) is 0 Å². The summed E-state index contributed by atoms with van der Waals surface area (Å²) in [6.45, 7) is 6.26. The highest BCUT2D eigenvalue weighted by Crippen LogP contribution is 2.28. The molecule has 3 heteroatoms. The van der Waals surface area contributed by atoms with Gasteiger partial charge in [-0.05, 0) is 49.6 Å². The van der Waals surface area contributed by atoms with Crippen molar-refractivity contribution in [3.8, 4) is 11.3 Å². The van der Waals surface area contributed by atoms with Crippen molar-refractivity contribution in [2.24, 2.45) is 0 Å². The number of aromatic nitrogens is 2. The zero-order chi connectivity index (χ0) is 13.6. The molecule has 19 heavy (non-hydrogen) atoms. The second-order valence-electron chi connectivity index (χ2n) is 5.08. The fraction of sp³-hybridized carbons (Fsp3) is 0.188. The first-order valence-corrected chi connectivity index (χ1v) is 6.38. The van der Waals surface area contributed by atoms with E-state index in [0.717, 1.165) is 16.9 Å². The van der Waals surface area contributed by atoms with Crippen molar-refractivity contribution in [2.45, 2.75) is 20.8 Å². The van der Waals surface area contributed by atoms with Crippen LogP contribution >= 0.6 is 0 Å². The molecule has 0 radical (unpaired) electrons. The summed E-state index contributed by atoms with van der Waals surface area (Å²) in [6, 6.07) is 10.4. The number of hydrogen-bond acceptors (Lipinski definition) is 2.